The van der Waals surface area contributed by atoms with Crippen molar-refractivity contribution in [1.82, 2.24) is 4.90 Å². The van der Waals surface area contributed by atoms with Gasteiger partial charge in [-0.1, -0.05) is 18.2 Å². The highest BCUT2D eigenvalue weighted by Crippen LogP contribution is 2.20. The van der Waals surface area contributed by atoms with Crippen LogP contribution in [0.3, 0.4) is 0 Å². The van der Waals surface area contributed by atoms with E-state index in [0.717, 1.165) is 12.1 Å². The number of hydrogen-bond acceptors (Lipinski definition) is 3. The first-order valence-electron chi connectivity index (χ1n) is 7.28. The molecule has 2 aromatic carbocycles. The standard InChI is InChI=1S/C18H19F2NO2/c1-21(2)11-14(8-12-6-7-16(19)17(20)9-12)18(23)13-4-3-5-15(22)10-13/h3-7,9-10,14,22H,8,11H2,1-2H3/t14-/m0/s1. The van der Waals surface area contributed by atoms with Crippen LogP contribution in [0.2, 0.25) is 0 Å². The van der Waals surface area contributed by atoms with Crippen molar-refractivity contribution < 1.29 is 18.7 Å². The Morgan fingerprint density at radius 3 is 2.48 bits per heavy atom. The molecule has 0 spiro atoms. The average molecular weight is 319 g/mol. The summed E-state index contributed by atoms with van der Waals surface area (Å²) in [5, 5.41) is 9.53. The number of carbonyl (C=O) groups is 1. The molecule has 5 heteroatoms. The molecule has 0 radical (unpaired) electrons. The van der Waals surface area contributed by atoms with E-state index in [1.807, 2.05) is 19.0 Å². The van der Waals surface area contributed by atoms with Crippen LogP contribution >= 0.6 is 0 Å². The summed E-state index contributed by atoms with van der Waals surface area (Å²) < 4.78 is 26.4. The Kier molecular flexibility index (Phi) is 5.45. The van der Waals surface area contributed by atoms with E-state index < -0.39 is 17.6 Å². The van der Waals surface area contributed by atoms with Gasteiger partial charge in [0.2, 0.25) is 0 Å². The molecule has 0 heterocycles. The molecule has 23 heavy (non-hydrogen) atoms. The summed E-state index contributed by atoms with van der Waals surface area (Å²) in [6.07, 6.45) is 0.296. The van der Waals surface area contributed by atoms with E-state index in [9.17, 15) is 18.7 Å². The lowest BCUT2D eigenvalue weighted by Crippen LogP contribution is -2.29. The summed E-state index contributed by atoms with van der Waals surface area (Å²) in [5.74, 6) is -2.36. The second-order valence-corrected chi connectivity index (χ2v) is 5.83. The van der Waals surface area contributed by atoms with Crippen LogP contribution in [0.15, 0.2) is 42.5 Å². The van der Waals surface area contributed by atoms with Crippen LogP contribution < -0.4 is 0 Å². The summed E-state index contributed by atoms with van der Waals surface area (Å²) in [7, 11) is 3.68. The maximum atomic E-state index is 13.4. The first-order valence-corrected chi connectivity index (χ1v) is 7.28. The summed E-state index contributed by atoms with van der Waals surface area (Å²) in [6.45, 7) is 0.466. The van der Waals surface area contributed by atoms with Crippen molar-refractivity contribution >= 4 is 5.78 Å². The lowest BCUT2D eigenvalue weighted by molar-refractivity contribution is 0.0896. The molecule has 1 N–H and O–H groups in total. The summed E-state index contributed by atoms with van der Waals surface area (Å²) in [4.78, 5) is 14.5. The zero-order chi connectivity index (χ0) is 17.0. The zero-order valence-corrected chi connectivity index (χ0v) is 13.1. The molecule has 2 aromatic rings. The minimum atomic E-state index is -0.920. The number of hydrogen-bond donors (Lipinski definition) is 1. The third kappa shape index (κ3) is 4.60. The summed E-state index contributed by atoms with van der Waals surface area (Å²) >= 11 is 0. The fourth-order valence-electron chi connectivity index (χ4n) is 2.53. The fourth-order valence-corrected chi connectivity index (χ4v) is 2.53. The van der Waals surface area contributed by atoms with Crippen molar-refractivity contribution in [2.75, 3.05) is 20.6 Å². The van der Waals surface area contributed by atoms with Crippen LogP contribution in [0.5, 0.6) is 5.75 Å². The number of phenolic OH excluding ortho intramolecular Hbond substituents is 1. The van der Waals surface area contributed by atoms with Gasteiger partial charge in [-0.25, -0.2) is 8.78 Å². The van der Waals surface area contributed by atoms with E-state index in [1.165, 1.54) is 18.2 Å². The first-order chi connectivity index (χ1) is 10.9. The van der Waals surface area contributed by atoms with Gasteiger partial charge in [-0.3, -0.25) is 4.79 Å². The van der Waals surface area contributed by atoms with E-state index >= 15 is 0 Å². The van der Waals surface area contributed by atoms with Gasteiger partial charge in [0.25, 0.3) is 0 Å². The van der Waals surface area contributed by atoms with Crippen molar-refractivity contribution in [1.29, 1.82) is 0 Å². The van der Waals surface area contributed by atoms with Gasteiger partial charge in [-0.15, -0.1) is 0 Å². The van der Waals surface area contributed by atoms with E-state index in [4.69, 9.17) is 0 Å². The molecule has 0 aromatic heterocycles. The number of aromatic hydroxyl groups is 1. The molecule has 0 aliphatic rings. The number of Topliss-reactive ketones (excluding diaryl/α,β-unsaturated/α-hetero) is 1. The largest absolute Gasteiger partial charge is 0.508 e. The van der Waals surface area contributed by atoms with Crippen molar-refractivity contribution in [2.24, 2.45) is 5.92 Å². The van der Waals surface area contributed by atoms with Crippen molar-refractivity contribution in [3.05, 3.63) is 65.2 Å². The molecule has 0 aliphatic heterocycles. The topological polar surface area (TPSA) is 40.5 Å². The minimum absolute atomic E-state index is 0.0206. The van der Waals surface area contributed by atoms with Crippen molar-refractivity contribution in [2.45, 2.75) is 6.42 Å². The Hall–Kier alpha value is -2.27. The van der Waals surface area contributed by atoms with Gasteiger partial charge in [-0.2, -0.15) is 0 Å². The SMILES string of the molecule is CN(C)C[C@H](Cc1ccc(F)c(F)c1)C(=O)c1cccc(O)c1. The average Bonchev–Trinajstić information content (AvgIpc) is 2.49. The molecule has 0 saturated carbocycles. The molecule has 3 nitrogen and oxygen atoms in total. The minimum Gasteiger partial charge on any atom is -0.508 e. The van der Waals surface area contributed by atoms with Gasteiger partial charge in [0.05, 0.1) is 0 Å². The van der Waals surface area contributed by atoms with Crippen molar-refractivity contribution in [3.63, 3.8) is 0 Å². The number of ketones is 1. The van der Waals surface area contributed by atoms with Crippen LogP contribution in [0, 0.1) is 17.6 Å². The van der Waals surface area contributed by atoms with Crippen LogP contribution in [0.25, 0.3) is 0 Å². The predicted octanol–water partition coefficient (Wildman–Crippen LogP) is 3.27. The molecule has 0 bridgehead atoms. The summed E-state index contributed by atoms with van der Waals surface area (Å²) in [6, 6.07) is 9.81. The second kappa shape index (κ2) is 7.33. The monoisotopic (exact) mass is 319 g/mol. The lowest BCUT2D eigenvalue weighted by atomic mass is 9.90. The van der Waals surface area contributed by atoms with Crippen LogP contribution in [0.1, 0.15) is 15.9 Å². The Balaban J connectivity index is 2.25. The summed E-state index contributed by atoms with van der Waals surface area (Å²) in [5.41, 5.74) is 0.962. The zero-order valence-electron chi connectivity index (χ0n) is 13.1. The van der Waals surface area contributed by atoms with Crippen LogP contribution in [-0.4, -0.2) is 36.4 Å². The third-order valence-electron chi connectivity index (χ3n) is 3.55. The molecule has 0 amide bonds. The highest BCUT2D eigenvalue weighted by atomic mass is 19.2. The van der Waals surface area contributed by atoms with Gasteiger partial charge < -0.3 is 10.0 Å². The van der Waals surface area contributed by atoms with Gasteiger partial charge >= 0.3 is 0 Å². The fraction of sp³-hybridized carbons (Fsp3) is 0.278. The van der Waals surface area contributed by atoms with Gasteiger partial charge in [0, 0.05) is 18.0 Å². The Morgan fingerprint density at radius 1 is 1.13 bits per heavy atom. The quantitative estimate of drug-likeness (QED) is 0.831. The van der Waals surface area contributed by atoms with Gasteiger partial charge in [-0.05, 0) is 50.3 Å². The molecule has 1 atom stereocenters. The number of benzene rings is 2. The molecule has 0 unspecified atom stereocenters. The molecule has 0 saturated heterocycles. The van der Waals surface area contributed by atoms with Crippen LogP contribution in [0.4, 0.5) is 8.78 Å². The van der Waals surface area contributed by atoms with Gasteiger partial charge in [0.15, 0.2) is 17.4 Å². The molecule has 122 valence electrons. The molecular formula is C18H19F2NO2. The van der Waals surface area contributed by atoms with E-state index in [1.54, 1.807) is 12.1 Å². The second-order valence-electron chi connectivity index (χ2n) is 5.83. The number of phenols is 1. The lowest BCUT2D eigenvalue weighted by Gasteiger charge is -2.20. The predicted molar refractivity (Wildman–Crippen MR) is 84.5 cm³/mol. The highest BCUT2D eigenvalue weighted by Gasteiger charge is 2.22. The Morgan fingerprint density at radius 2 is 1.87 bits per heavy atom. The highest BCUT2D eigenvalue weighted by molar-refractivity contribution is 5.98. The van der Waals surface area contributed by atoms with Crippen molar-refractivity contribution in [3.8, 4) is 5.75 Å². The van der Waals surface area contributed by atoms with E-state index in [0.29, 0.717) is 24.1 Å². The number of carbonyl (C=O) groups excluding carboxylic acids is 1. The molecule has 2 rings (SSSR count). The maximum Gasteiger partial charge on any atom is 0.167 e. The smallest absolute Gasteiger partial charge is 0.167 e. The molecule has 0 aliphatic carbocycles. The first kappa shape index (κ1) is 17.1. The third-order valence-corrected chi connectivity index (χ3v) is 3.55. The molecular weight excluding hydrogens is 300 g/mol. The number of nitrogens with zero attached hydrogens (tertiary/aromatic N) is 1. The normalized spacial score (nSPS) is 12.4. The van der Waals surface area contributed by atoms with Gasteiger partial charge in [0.1, 0.15) is 5.75 Å². The van der Waals surface area contributed by atoms with E-state index in [-0.39, 0.29) is 11.5 Å². The number of rotatable bonds is 6. The Bertz CT molecular complexity index is 701. The Labute approximate surface area is 134 Å². The molecule has 0 fully saturated rings. The van der Waals surface area contributed by atoms with E-state index in [2.05, 4.69) is 0 Å². The number of halogens is 2. The maximum absolute atomic E-state index is 13.4. The van der Waals surface area contributed by atoms with Crippen LogP contribution in [-0.2, 0) is 6.42 Å².